The van der Waals surface area contributed by atoms with Crippen LogP contribution in [0.4, 0.5) is 0 Å². The van der Waals surface area contributed by atoms with E-state index in [1.807, 2.05) is 12.1 Å². The van der Waals surface area contributed by atoms with Crippen LogP contribution >= 0.6 is 27.5 Å². The number of rotatable bonds is 1. The second kappa shape index (κ2) is 3.59. The molecule has 2 aromatic heterocycles. The Morgan fingerprint density at radius 1 is 1.64 bits per heavy atom. The number of nitrogens with zero attached hydrogens (tertiary/aromatic N) is 3. The summed E-state index contributed by atoms with van der Waals surface area (Å²) >= 11 is 9.01. The average molecular weight is 275 g/mol. The van der Waals surface area contributed by atoms with Gasteiger partial charge < -0.3 is 5.21 Å². The Balaban J connectivity index is 2.70. The topological polar surface area (TPSA) is 49.9 Å². The van der Waals surface area contributed by atoms with Crippen LogP contribution in [0.5, 0.6) is 0 Å². The van der Waals surface area contributed by atoms with Crippen molar-refractivity contribution in [1.82, 2.24) is 9.38 Å². The van der Waals surface area contributed by atoms with Crippen LogP contribution in [0.2, 0.25) is 0 Å². The van der Waals surface area contributed by atoms with E-state index in [9.17, 15) is 0 Å². The molecule has 0 radical (unpaired) electrons. The quantitative estimate of drug-likeness (QED) is 0.493. The van der Waals surface area contributed by atoms with Gasteiger partial charge in [0.2, 0.25) is 0 Å². The molecule has 1 N–H and O–H groups in total. The molecule has 0 spiro atoms. The van der Waals surface area contributed by atoms with Crippen LogP contribution in [0, 0.1) is 0 Å². The second-order valence-electron chi connectivity index (χ2n) is 2.61. The van der Waals surface area contributed by atoms with E-state index in [-0.39, 0.29) is 5.17 Å². The highest BCUT2D eigenvalue weighted by Crippen LogP contribution is 2.15. The highest BCUT2D eigenvalue weighted by Gasteiger charge is 2.07. The van der Waals surface area contributed by atoms with Crippen LogP contribution in [-0.4, -0.2) is 19.8 Å². The minimum atomic E-state index is 0.0137. The summed E-state index contributed by atoms with van der Waals surface area (Å²) < 4.78 is 2.66. The lowest BCUT2D eigenvalue weighted by molar-refractivity contribution is 0.320. The molecule has 0 amide bonds. The number of hydrogen-bond donors (Lipinski definition) is 1. The van der Waals surface area contributed by atoms with Gasteiger partial charge in [-0.2, -0.15) is 0 Å². The van der Waals surface area contributed by atoms with Crippen LogP contribution in [0.1, 0.15) is 5.69 Å². The first kappa shape index (κ1) is 9.48. The fraction of sp³-hybridized carbons (Fsp3) is 0. The van der Waals surface area contributed by atoms with Crippen molar-refractivity contribution in [3.63, 3.8) is 0 Å². The Kier molecular flexibility index (Phi) is 2.43. The van der Waals surface area contributed by atoms with E-state index in [0.29, 0.717) is 5.69 Å². The zero-order valence-electron chi connectivity index (χ0n) is 6.85. The smallest absolute Gasteiger partial charge is 0.193 e. The molecule has 0 aliphatic carbocycles. The van der Waals surface area contributed by atoms with Crippen molar-refractivity contribution in [2.24, 2.45) is 5.16 Å². The first-order valence-corrected chi connectivity index (χ1v) is 4.90. The van der Waals surface area contributed by atoms with E-state index in [0.717, 1.165) is 10.1 Å². The lowest BCUT2D eigenvalue weighted by atomic mass is 10.4. The minimum Gasteiger partial charge on any atom is -0.410 e. The number of oxime groups is 1. The predicted octanol–water partition coefficient (Wildman–Crippen LogP) is 2.47. The normalized spacial score (nSPS) is 12.3. The summed E-state index contributed by atoms with van der Waals surface area (Å²) in [5.74, 6) is 0. The number of pyridine rings is 1. The lowest BCUT2D eigenvalue weighted by Crippen LogP contribution is -1.96. The molecule has 0 aliphatic rings. The first-order valence-electron chi connectivity index (χ1n) is 3.73. The largest absolute Gasteiger partial charge is 0.410 e. The molecule has 0 aromatic carbocycles. The Hall–Kier alpha value is -1.07. The van der Waals surface area contributed by atoms with Gasteiger partial charge in [0.15, 0.2) is 5.17 Å². The van der Waals surface area contributed by atoms with Gasteiger partial charge in [-0.05, 0) is 12.1 Å². The Bertz CT molecular complexity index is 508. The maximum absolute atomic E-state index is 8.53. The zero-order chi connectivity index (χ0) is 10.1. The van der Waals surface area contributed by atoms with Gasteiger partial charge in [0, 0.05) is 10.7 Å². The van der Waals surface area contributed by atoms with Gasteiger partial charge in [-0.3, -0.25) is 4.40 Å². The van der Waals surface area contributed by atoms with E-state index in [2.05, 4.69) is 26.1 Å². The van der Waals surface area contributed by atoms with Crippen LogP contribution in [-0.2, 0) is 0 Å². The van der Waals surface area contributed by atoms with Crippen LogP contribution < -0.4 is 0 Å². The summed E-state index contributed by atoms with van der Waals surface area (Å²) in [7, 11) is 0. The fourth-order valence-corrected chi connectivity index (χ4v) is 1.62. The van der Waals surface area contributed by atoms with Crippen LogP contribution in [0.25, 0.3) is 5.65 Å². The molecule has 0 saturated carbocycles. The summed E-state index contributed by atoms with van der Waals surface area (Å²) in [5, 5.41) is 11.5. The molecule has 14 heavy (non-hydrogen) atoms. The zero-order valence-corrected chi connectivity index (χ0v) is 9.20. The Morgan fingerprint density at radius 3 is 3.14 bits per heavy atom. The third-order valence-corrected chi connectivity index (χ3v) is 2.54. The maximum atomic E-state index is 8.53. The van der Waals surface area contributed by atoms with Crippen LogP contribution in [0.15, 0.2) is 34.2 Å². The van der Waals surface area contributed by atoms with E-state index in [1.54, 1.807) is 16.8 Å². The molecule has 6 heteroatoms. The number of aromatic nitrogens is 2. The van der Waals surface area contributed by atoms with Gasteiger partial charge in [0.1, 0.15) is 11.3 Å². The van der Waals surface area contributed by atoms with Gasteiger partial charge in [0.25, 0.3) is 0 Å². The molecule has 0 fully saturated rings. The lowest BCUT2D eigenvalue weighted by Gasteiger charge is -1.97. The Labute approximate surface area is 92.9 Å². The van der Waals surface area contributed by atoms with Crippen LogP contribution in [0.3, 0.4) is 0 Å². The van der Waals surface area contributed by atoms with E-state index >= 15 is 0 Å². The summed E-state index contributed by atoms with van der Waals surface area (Å²) in [5.41, 5.74) is 1.29. The number of imidazole rings is 1. The molecule has 0 unspecified atom stereocenters. The predicted molar refractivity (Wildman–Crippen MR) is 57.1 cm³/mol. The molecule has 72 valence electrons. The number of hydrogen-bond acceptors (Lipinski definition) is 3. The van der Waals surface area contributed by atoms with E-state index < -0.39 is 0 Å². The third kappa shape index (κ3) is 1.49. The van der Waals surface area contributed by atoms with Gasteiger partial charge in [0.05, 0.1) is 6.20 Å². The third-order valence-electron chi connectivity index (χ3n) is 1.77. The molecular weight excluding hydrogens is 269 g/mol. The molecule has 4 nitrogen and oxygen atoms in total. The molecule has 0 saturated heterocycles. The molecule has 2 aromatic rings. The van der Waals surface area contributed by atoms with Gasteiger partial charge >= 0.3 is 0 Å². The van der Waals surface area contributed by atoms with Crippen molar-refractivity contribution < 1.29 is 5.21 Å². The molecule has 0 bridgehead atoms. The van der Waals surface area contributed by atoms with Crippen molar-refractivity contribution in [3.8, 4) is 0 Å². The second-order valence-corrected chi connectivity index (χ2v) is 3.88. The van der Waals surface area contributed by atoms with E-state index in [1.165, 1.54) is 0 Å². The number of fused-ring (bicyclic) bond motifs is 1. The highest BCUT2D eigenvalue weighted by atomic mass is 79.9. The maximum Gasteiger partial charge on any atom is 0.193 e. The van der Waals surface area contributed by atoms with Crippen molar-refractivity contribution in [2.45, 2.75) is 0 Å². The highest BCUT2D eigenvalue weighted by molar-refractivity contribution is 9.10. The molecule has 0 aliphatic heterocycles. The first-order chi connectivity index (χ1) is 6.72. The molecule has 2 rings (SSSR count). The number of halogens is 2. The Morgan fingerprint density at radius 2 is 2.43 bits per heavy atom. The summed E-state index contributed by atoms with van der Waals surface area (Å²) in [6.45, 7) is 0. The SMILES string of the molecule is O/N=C(\Cl)c1cnc2cc(Br)ccn12. The van der Waals surface area contributed by atoms with Crippen molar-refractivity contribution in [2.75, 3.05) is 0 Å². The monoisotopic (exact) mass is 273 g/mol. The van der Waals surface area contributed by atoms with E-state index in [4.69, 9.17) is 16.8 Å². The minimum absolute atomic E-state index is 0.0137. The van der Waals surface area contributed by atoms with Gasteiger partial charge in [-0.1, -0.05) is 32.7 Å². The van der Waals surface area contributed by atoms with Crippen molar-refractivity contribution >= 4 is 38.3 Å². The van der Waals surface area contributed by atoms with Gasteiger partial charge in [-0.15, -0.1) is 0 Å². The van der Waals surface area contributed by atoms with Crippen molar-refractivity contribution in [3.05, 3.63) is 34.7 Å². The molecule has 2 heterocycles. The fourth-order valence-electron chi connectivity index (χ4n) is 1.16. The average Bonchev–Trinajstić information content (AvgIpc) is 2.59. The molecule has 0 atom stereocenters. The standard InChI is InChI=1S/C8H5BrClN3O/c9-5-1-2-13-6(8(10)12-14)4-11-7(13)3-5/h1-4,14H/b12-8-. The molecular formula is C8H5BrClN3O. The summed E-state index contributed by atoms with van der Waals surface area (Å²) in [6.07, 6.45) is 3.33. The van der Waals surface area contributed by atoms with Crippen molar-refractivity contribution in [1.29, 1.82) is 0 Å². The summed E-state index contributed by atoms with van der Waals surface area (Å²) in [6, 6.07) is 3.69. The van der Waals surface area contributed by atoms with Gasteiger partial charge in [-0.25, -0.2) is 4.98 Å². The summed E-state index contributed by atoms with van der Waals surface area (Å²) in [4.78, 5) is 4.11.